The van der Waals surface area contributed by atoms with Gasteiger partial charge in [-0.1, -0.05) is 97.5 Å². The predicted molar refractivity (Wildman–Crippen MR) is 127 cm³/mol. The van der Waals surface area contributed by atoms with Crippen LogP contribution in [0, 0.1) is 0 Å². The highest BCUT2D eigenvalue weighted by atomic mass is 16.6. The Balaban J connectivity index is 4.15. The Morgan fingerprint density at radius 1 is 0.656 bits per heavy atom. The zero-order valence-corrected chi connectivity index (χ0v) is 20.5. The van der Waals surface area contributed by atoms with E-state index < -0.39 is 12.1 Å². The molecule has 0 radical (unpaired) electrons. The average molecular weight is 455 g/mol. The molecule has 0 aliphatic rings. The van der Waals surface area contributed by atoms with Crippen LogP contribution < -0.4 is 0 Å². The molecule has 0 aromatic rings. The van der Waals surface area contributed by atoms with Gasteiger partial charge in [0.05, 0.1) is 0 Å². The summed E-state index contributed by atoms with van der Waals surface area (Å²) in [7, 11) is 0. The van der Waals surface area contributed by atoms with E-state index in [0.717, 1.165) is 44.6 Å². The Kier molecular flexibility index (Phi) is 21.1. The fourth-order valence-electron chi connectivity index (χ4n) is 3.31. The van der Waals surface area contributed by atoms with Crippen molar-refractivity contribution in [2.45, 2.75) is 123 Å². The number of ether oxygens (including phenoxy) is 3. The van der Waals surface area contributed by atoms with Crippen molar-refractivity contribution in [1.29, 1.82) is 0 Å². The topological polar surface area (TPSA) is 78.9 Å². The van der Waals surface area contributed by atoms with Crippen molar-refractivity contribution in [1.82, 2.24) is 0 Å². The summed E-state index contributed by atoms with van der Waals surface area (Å²) in [5.41, 5.74) is 0. The number of carbonyl (C=O) groups is 3. The molecule has 0 amide bonds. The molecule has 6 nitrogen and oxygen atoms in total. The van der Waals surface area contributed by atoms with Crippen molar-refractivity contribution in [2.24, 2.45) is 0 Å². The molecule has 0 saturated heterocycles. The van der Waals surface area contributed by atoms with Gasteiger partial charge in [0.2, 0.25) is 0 Å². The van der Waals surface area contributed by atoms with E-state index in [2.05, 4.69) is 20.4 Å². The van der Waals surface area contributed by atoms with Crippen LogP contribution in [0.25, 0.3) is 0 Å². The molecule has 186 valence electrons. The van der Waals surface area contributed by atoms with Crippen molar-refractivity contribution in [3.8, 4) is 0 Å². The van der Waals surface area contributed by atoms with E-state index in [1.165, 1.54) is 51.4 Å². The van der Waals surface area contributed by atoms with Gasteiger partial charge in [-0.05, 0) is 12.8 Å². The number of esters is 3. The van der Waals surface area contributed by atoms with Crippen molar-refractivity contribution >= 4 is 17.9 Å². The third-order valence-electron chi connectivity index (χ3n) is 5.28. The first kappa shape index (κ1) is 30.1. The molecule has 0 fully saturated rings. The molecule has 1 unspecified atom stereocenters. The lowest BCUT2D eigenvalue weighted by atomic mass is 10.1. The Morgan fingerprint density at radius 2 is 1.09 bits per heavy atom. The summed E-state index contributed by atoms with van der Waals surface area (Å²) in [4.78, 5) is 35.5. The van der Waals surface area contributed by atoms with Crippen LogP contribution in [-0.4, -0.2) is 37.2 Å². The SMILES string of the molecule is C=CC(=O)OCC(COC(=O)CCCCCCCCC)OC(=O)CCCCCCCCC. The first-order chi connectivity index (χ1) is 15.5. The maximum atomic E-state index is 12.1. The second-order valence-electron chi connectivity index (χ2n) is 8.37. The average Bonchev–Trinajstić information content (AvgIpc) is 2.79. The molecule has 0 aromatic heterocycles. The molecular weight excluding hydrogens is 408 g/mol. The summed E-state index contributed by atoms with van der Waals surface area (Å²) in [6.45, 7) is 7.46. The van der Waals surface area contributed by atoms with Crippen LogP contribution in [0.15, 0.2) is 12.7 Å². The van der Waals surface area contributed by atoms with Crippen molar-refractivity contribution in [2.75, 3.05) is 13.2 Å². The van der Waals surface area contributed by atoms with Gasteiger partial charge in [-0.15, -0.1) is 0 Å². The van der Waals surface area contributed by atoms with Gasteiger partial charge in [-0.3, -0.25) is 9.59 Å². The molecule has 0 aliphatic carbocycles. The van der Waals surface area contributed by atoms with E-state index in [0.29, 0.717) is 12.8 Å². The number of hydrogen-bond donors (Lipinski definition) is 0. The molecular formula is C26H46O6. The highest BCUT2D eigenvalue weighted by molar-refractivity contribution is 5.81. The quantitative estimate of drug-likeness (QED) is 0.0809. The van der Waals surface area contributed by atoms with Crippen LogP contribution in [0.3, 0.4) is 0 Å². The molecule has 6 heteroatoms. The van der Waals surface area contributed by atoms with Crippen molar-refractivity contribution < 1.29 is 28.6 Å². The molecule has 0 rings (SSSR count). The van der Waals surface area contributed by atoms with Gasteiger partial charge in [0, 0.05) is 18.9 Å². The molecule has 0 spiro atoms. The van der Waals surface area contributed by atoms with Gasteiger partial charge >= 0.3 is 17.9 Å². The Bertz CT molecular complexity index is 503. The predicted octanol–water partition coefficient (Wildman–Crippen LogP) is 6.45. The van der Waals surface area contributed by atoms with Gasteiger partial charge in [-0.25, -0.2) is 4.79 Å². The maximum Gasteiger partial charge on any atom is 0.330 e. The van der Waals surface area contributed by atoms with Crippen LogP contribution in [0.4, 0.5) is 0 Å². The largest absolute Gasteiger partial charge is 0.462 e. The number of carbonyl (C=O) groups excluding carboxylic acids is 3. The fraction of sp³-hybridized carbons (Fsp3) is 0.808. The molecule has 0 heterocycles. The zero-order valence-electron chi connectivity index (χ0n) is 20.5. The lowest BCUT2D eigenvalue weighted by Gasteiger charge is -2.18. The minimum absolute atomic E-state index is 0.109. The van der Waals surface area contributed by atoms with E-state index in [1.54, 1.807) is 0 Å². The van der Waals surface area contributed by atoms with Crippen molar-refractivity contribution in [3.05, 3.63) is 12.7 Å². The first-order valence-electron chi connectivity index (χ1n) is 12.7. The Hall–Kier alpha value is -1.85. The molecule has 1 atom stereocenters. The Morgan fingerprint density at radius 3 is 1.59 bits per heavy atom. The third kappa shape index (κ3) is 20.1. The summed E-state index contributed by atoms with van der Waals surface area (Å²) in [6, 6.07) is 0. The lowest BCUT2D eigenvalue weighted by molar-refractivity contribution is -0.165. The summed E-state index contributed by atoms with van der Waals surface area (Å²) in [5.74, 6) is -1.28. The smallest absolute Gasteiger partial charge is 0.330 e. The minimum Gasteiger partial charge on any atom is -0.462 e. The van der Waals surface area contributed by atoms with Gasteiger partial charge in [0.1, 0.15) is 13.2 Å². The number of unbranched alkanes of at least 4 members (excludes halogenated alkanes) is 12. The molecule has 0 N–H and O–H groups in total. The third-order valence-corrected chi connectivity index (χ3v) is 5.28. The monoisotopic (exact) mass is 454 g/mol. The first-order valence-corrected chi connectivity index (χ1v) is 12.7. The van der Waals surface area contributed by atoms with Crippen LogP contribution in [0.2, 0.25) is 0 Å². The van der Waals surface area contributed by atoms with Gasteiger partial charge in [0.15, 0.2) is 6.10 Å². The van der Waals surface area contributed by atoms with E-state index in [4.69, 9.17) is 14.2 Å². The second kappa shape index (κ2) is 22.3. The maximum absolute atomic E-state index is 12.1. The van der Waals surface area contributed by atoms with E-state index in [-0.39, 0.29) is 25.2 Å². The van der Waals surface area contributed by atoms with Crippen LogP contribution >= 0.6 is 0 Å². The summed E-state index contributed by atoms with van der Waals surface area (Å²) in [6.07, 6.45) is 16.5. The zero-order chi connectivity index (χ0) is 23.9. The Labute approximate surface area is 195 Å². The van der Waals surface area contributed by atoms with E-state index in [9.17, 15) is 14.4 Å². The van der Waals surface area contributed by atoms with Gasteiger partial charge in [0.25, 0.3) is 0 Å². The standard InChI is InChI=1S/C26H46O6/c1-4-7-9-11-13-15-17-19-25(28)31-22-23(21-30-24(27)6-3)32-26(29)20-18-16-14-12-10-8-5-2/h6,23H,3-5,7-22H2,1-2H3. The highest BCUT2D eigenvalue weighted by Crippen LogP contribution is 2.11. The second-order valence-corrected chi connectivity index (χ2v) is 8.37. The molecule has 0 aromatic carbocycles. The number of rotatable bonds is 22. The normalized spacial score (nSPS) is 11.6. The van der Waals surface area contributed by atoms with Gasteiger partial charge in [-0.2, -0.15) is 0 Å². The summed E-state index contributed by atoms with van der Waals surface area (Å²) in [5, 5.41) is 0. The lowest BCUT2D eigenvalue weighted by Crippen LogP contribution is -2.30. The van der Waals surface area contributed by atoms with Crippen LogP contribution in [-0.2, 0) is 28.6 Å². The highest BCUT2D eigenvalue weighted by Gasteiger charge is 2.18. The summed E-state index contributed by atoms with van der Waals surface area (Å²) >= 11 is 0. The van der Waals surface area contributed by atoms with Crippen LogP contribution in [0.1, 0.15) is 117 Å². The van der Waals surface area contributed by atoms with Gasteiger partial charge < -0.3 is 14.2 Å². The summed E-state index contributed by atoms with van der Waals surface area (Å²) < 4.78 is 15.6. The fourth-order valence-corrected chi connectivity index (χ4v) is 3.31. The van der Waals surface area contributed by atoms with Crippen LogP contribution in [0.5, 0.6) is 0 Å². The van der Waals surface area contributed by atoms with Crippen molar-refractivity contribution in [3.63, 3.8) is 0 Å². The number of hydrogen-bond acceptors (Lipinski definition) is 6. The molecule has 0 bridgehead atoms. The molecule has 0 saturated carbocycles. The molecule has 32 heavy (non-hydrogen) atoms. The van der Waals surface area contributed by atoms with E-state index >= 15 is 0 Å². The van der Waals surface area contributed by atoms with E-state index in [1.807, 2.05) is 0 Å². The molecule has 0 aliphatic heterocycles. The minimum atomic E-state index is -0.797.